The third-order valence-corrected chi connectivity index (χ3v) is 2.66. The summed E-state index contributed by atoms with van der Waals surface area (Å²) in [7, 11) is 0. The van der Waals surface area contributed by atoms with Crippen LogP contribution >= 0.6 is 0 Å². The molecule has 1 aromatic heterocycles. The molecule has 0 N–H and O–H groups in total. The SMILES string of the molecule is Cc1cc(C)n(-c2c(C)cccc2C)n1. The van der Waals surface area contributed by atoms with Crippen LogP contribution in [0.1, 0.15) is 22.5 Å². The van der Waals surface area contributed by atoms with Crippen molar-refractivity contribution in [1.29, 1.82) is 0 Å². The molecule has 0 atom stereocenters. The quantitative estimate of drug-likeness (QED) is 0.691. The molecule has 0 aliphatic rings. The molecule has 1 heterocycles. The Bertz CT molecular complexity index is 475. The summed E-state index contributed by atoms with van der Waals surface area (Å²) in [6.07, 6.45) is 0. The second-order valence-electron chi connectivity index (χ2n) is 4.08. The summed E-state index contributed by atoms with van der Waals surface area (Å²) in [6.45, 7) is 8.36. The third kappa shape index (κ3) is 1.67. The van der Waals surface area contributed by atoms with Gasteiger partial charge in [-0.1, -0.05) is 18.2 Å². The summed E-state index contributed by atoms with van der Waals surface area (Å²) in [5, 5.41) is 4.52. The van der Waals surface area contributed by atoms with Crippen molar-refractivity contribution in [3.8, 4) is 5.69 Å². The zero-order valence-electron chi connectivity index (χ0n) is 9.70. The van der Waals surface area contributed by atoms with E-state index in [0.29, 0.717) is 0 Å². The molecule has 2 nitrogen and oxygen atoms in total. The lowest BCUT2D eigenvalue weighted by Crippen LogP contribution is -2.03. The van der Waals surface area contributed by atoms with E-state index < -0.39 is 0 Å². The molecule has 78 valence electrons. The molecule has 2 aromatic rings. The highest BCUT2D eigenvalue weighted by Crippen LogP contribution is 2.20. The first kappa shape index (κ1) is 9.97. The Labute approximate surface area is 90.6 Å². The summed E-state index contributed by atoms with van der Waals surface area (Å²) in [5.41, 5.74) is 5.99. The average Bonchev–Trinajstić information content (AvgIpc) is 2.45. The van der Waals surface area contributed by atoms with Crippen LogP contribution < -0.4 is 0 Å². The van der Waals surface area contributed by atoms with Crippen molar-refractivity contribution in [3.63, 3.8) is 0 Å². The number of hydrogen-bond acceptors (Lipinski definition) is 1. The molecule has 0 bridgehead atoms. The standard InChI is InChI=1S/C13H16N2/c1-9-6-5-7-10(2)13(9)15-12(4)8-11(3)14-15/h5-8H,1-4H3. The number of para-hydroxylation sites is 1. The van der Waals surface area contributed by atoms with Crippen LogP contribution in [0.15, 0.2) is 24.3 Å². The van der Waals surface area contributed by atoms with Gasteiger partial charge in [0.1, 0.15) is 0 Å². The van der Waals surface area contributed by atoms with E-state index in [4.69, 9.17) is 0 Å². The Morgan fingerprint density at radius 3 is 2.07 bits per heavy atom. The first-order chi connectivity index (χ1) is 7.09. The van der Waals surface area contributed by atoms with Crippen LogP contribution in [-0.4, -0.2) is 9.78 Å². The third-order valence-electron chi connectivity index (χ3n) is 2.66. The topological polar surface area (TPSA) is 17.8 Å². The zero-order chi connectivity index (χ0) is 11.0. The fourth-order valence-electron chi connectivity index (χ4n) is 2.00. The molecule has 0 aliphatic heterocycles. The van der Waals surface area contributed by atoms with Crippen molar-refractivity contribution in [2.75, 3.05) is 0 Å². The highest BCUT2D eigenvalue weighted by molar-refractivity contribution is 5.47. The minimum Gasteiger partial charge on any atom is -0.237 e. The molecule has 0 saturated carbocycles. The summed E-state index contributed by atoms with van der Waals surface area (Å²) >= 11 is 0. The van der Waals surface area contributed by atoms with Gasteiger partial charge in [0.25, 0.3) is 0 Å². The van der Waals surface area contributed by atoms with E-state index in [-0.39, 0.29) is 0 Å². The Morgan fingerprint density at radius 1 is 1.00 bits per heavy atom. The van der Waals surface area contributed by atoms with E-state index in [1.54, 1.807) is 0 Å². The predicted molar refractivity (Wildman–Crippen MR) is 62.5 cm³/mol. The molecule has 2 heteroatoms. The van der Waals surface area contributed by atoms with Gasteiger partial charge in [-0.15, -0.1) is 0 Å². The molecule has 1 aromatic carbocycles. The number of rotatable bonds is 1. The summed E-state index contributed by atoms with van der Waals surface area (Å²) < 4.78 is 2.03. The van der Waals surface area contributed by atoms with Crippen molar-refractivity contribution in [2.24, 2.45) is 0 Å². The molecule has 0 fully saturated rings. The fourth-order valence-corrected chi connectivity index (χ4v) is 2.00. The zero-order valence-corrected chi connectivity index (χ0v) is 9.70. The van der Waals surface area contributed by atoms with E-state index in [2.05, 4.69) is 50.1 Å². The van der Waals surface area contributed by atoms with Crippen LogP contribution in [0.2, 0.25) is 0 Å². The number of hydrogen-bond donors (Lipinski definition) is 0. The maximum atomic E-state index is 4.52. The van der Waals surface area contributed by atoms with Crippen molar-refractivity contribution < 1.29 is 0 Å². The van der Waals surface area contributed by atoms with Gasteiger partial charge in [-0.05, 0) is 44.9 Å². The van der Waals surface area contributed by atoms with E-state index >= 15 is 0 Å². The average molecular weight is 200 g/mol. The highest BCUT2D eigenvalue weighted by Gasteiger charge is 2.08. The summed E-state index contributed by atoms with van der Waals surface area (Å²) in [4.78, 5) is 0. The number of aryl methyl sites for hydroxylation is 4. The second-order valence-corrected chi connectivity index (χ2v) is 4.08. The Balaban J connectivity index is 2.68. The number of aromatic nitrogens is 2. The Hall–Kier alpha value is -1.57. The Morgan fingerprint density at radius 2 is 1.60 bits per heavy atom. The molecule has 0 unspecified atom stereocenters. The van der Waals surface area contributed by atoms with Crippen LogP contribution in [0.3, 0.4) is 0 Å². The summed E-state index contributed by atoms with van der Waals surface area (Å²) in [6, 6.07) is 8.43. The lowest BCUT2D eigenvalue weighted by atomic mass is 10.1. The molecule has 15 heavy (non-hydrogen) atoms. The van der Waals surface area contributed by atoms with Gasteiger partial charge in [-0.25, -0.2) is 4.68 Å². The molecular formula is C13H16N2. The molecule has 0 spiro atoms. The molecular weight excluding hydrogens is 184 g/mol. The first-order valence-electron chi connectivity index (χ1n) is 5.19. The van der Waals surface area contributed by atoms with E-state index in [0.717, 1.165) is 5.69 Å². The van der Waals surface area contributed by atoms with Crippen molar-refractivity contribution in [2.45, 2.75) is 27.7 Å². The normalized spacial score (nSPS) is 10.7. The maximum Gasteiger partial charge on any atom is 0.0707 e. The van der Waals surface area contributed by atoms with Crippen molar-refractivity contribution >= 4 is 0 Å². The number of benzene rings is 1. The largest absolute Gasteiger partial charge is 0.237 e. The van der Waals surface area contributed by atoms with Crippen LogP contribution in [0.25, 0.3) is 5.69 Å². The van der Waals surface area contributed by atoms with Crippen LogP contribution in [-0.2, 0) is 0 Å². The van der Waals surface area contributed by atoms with Crippen LogP contribution in [0.5, 0.6) is 0 Å². The minimum atomic E-state index is 1.06. The van der Waals surface area contributed by atoms with Crippen LogP contribution in [0.4, 0.5) is 0 Å². The van der Waals surface area contributed by atoms with Gasteiger partial charge in [0.15, 0.2) is 0 Å². The Kier molecular flexibility index (Phi) is 2.35. The van der Waals surface area contributed by atoms with E-state index in [1.807, 2.05) is 11.6 Å². The lowest BCUT2D eigenvalue weighted by Gasteiger charge is -2.11. The van der Waals surface area contributed by atoms with Crippen molar-refractivity contribution in [3.05, 3.63) is 46.8 Å². The fraction of sp³-hybridized carbons (Fsp3) is 0.308. The van der Waals surface area contributed by atoms with Gasteiger partial charge in [-0.2, -0.15) is 5.10 Å². The lowest BCUT2D eigenvalue weighted by molar-refractivity contribution is 0.821. The van der Waals surface area contributed by atoms with E-state index in [1.165, 1.54) is 22.5 Å². The predicted octanol–water partition coefficient (Wildman–Crippen LogP) is 3.11. The molecule has 0 aliphatic carbocycles. The molecule has 2 rings (SSSR count). The smallest absolute Gasteiger partial charge is 0.0707 e. The van der Waals surface area contributed by atoms with Gasteiger partial charge in [-0.3, -0.25) is 0 Å². The molecule has 0 saturated heterocycles. The van der Waals surface area contributed by atoms with Gasteiger partial charge >= 0.3 is 0 Å². The van der Waals surface area contributed by atoms with Crippen LogP contribution in [0, 0.1) is 27.7 Å². The van der Waals surface area contributed by atoms with E-state index in [9.17, 15) is 0 Å². The monoisotopic (exact) mass is 200 g/mol. The van der Waals surface area contributed by atoms with Crippen molar-refractivity contribution in [1.82, 2.24) is 9.78 Å². The van der Waals surface area contributed by atoms with Gasteiger partial charge in [0, 0.05) is 5.69 Å². The minimum absolute atomic E-state index is 1.06. The highest BCUT2D eigenvalue weighted by atomic mass is 15.3. The van der Waals surface area contributed by atoms with Gasteiger partial charge in [0.05, 0.1) is 11.4 Å². The molecule has 0 amide bonds. The second kappa shape index (κ2) is 3.54. The van der Waals surface area contributed by atoms with Gasteiger partial charge in [0.2, 0.25) is 0 Å². The van der Waals surface area contributed by atoms with Gasteiger partial charge < -0.3 is 0 Å². The molecule has 0 radical (unpaired) electrons. The first-order valence-corrected chi connectivity index (χ1v) is 5.19. The summed E-state index contributed by atoms with van der Waals surface area (Å²) in [5.74, 6) is 0. The number of nitrogens with zero attached hydrogens (tertiary/aromatic N) is 2. The maximum absolute atomic E-state index is 4.52.